The SMILES string of the molecule is Cn1nc(C(=O)NNC(=O)COc2ccccc2F)c2ccccc2c1=O. The Labute approximate surface area is 152 Å². The zero-order valence-corrected chi connectivity index (χ0v) is 14.2. The van der Waals surface area contributed by atoms with E-state index in [9.17, 15) is 18.8 Å². The quantitative estimate of drug-likeness (QED) is 0.665. The molecule has 3 aromatic rings. The van der Waals surface area contributed by atoms with E-state index >= 15 is 0 Å². The molecule has 0 aliphatic carbocycles. The van der Waals surface area contributed by atoms with Gasteiger partial charge in [0.2, 0.25) is 0 Å². The molecule has 2 N–H and O–H groups in total. The van der Waals surface area contributed by atoms with Crippen LogP contribution in [0.4, 0.5) is 4.39 Å². The molecular weight excluding hydrogens is 355 g/mol. The van der Waals surface area contributed by atoms with E-state index in [0.717, 1.165) is 4.68 Å². The van der Waals surface area contributed by atoms with E-state index in [1.165, 1.54) is 25.2 Å². The maximum Gasteiger partial charge on any atom is 0.290 e. The predicted molar refractivity (Wildman–Crippen MR) is 94.5 cm³/mol. The lowest BCUT2D eigenvalue weighted by Gasteiger charge is -2.10. The summed E-state index contributed by atoms with van der Waals surface area (Å²) in [6.45, 7) is -0.497. The average Bonchev–Trinajstić information content (AvgIpc) is 2.68. The van der Waals surface area contributed by atoms with Gasteiger partial charge in [0, 0.05) is 12.4 Å². The summed E-state index contributed by atoms with van der Waals surface area (Å²) in [5.41, 5.74) is 3.99. The summed E-state index contributed by atoms with van der Waals surface area (Å²) in [4.78, 5) is 36.2. The molecule has 0 unspecified atom stereocenters. The Morgan fingerprint density at radius 3 is 2.48 bits per heavy atom. The fraction of sp³-hybridized carbons (Fsp3) is 0.111. The lowest BCUT2D eigenvalue weighted by molar-refractivity contribution is -0.123. The minimum atomic E-state index is -0.707. The zero-order valence-electron chi connectivity index (χ0n) is 14.2. The number of ether oxygens (including phenoxy) is 1. The van der Waals surface area contributed by atoms with Crippen molar-refractivity contribution in [3.63, 3.8) is 0 Å². The van der Waals surface area contributed by atoms with Crippen molar-refractivity contribution < 1.29 is 18.7 Å². The van der Waals surface area contributed by atoms with Crippen LogP contribution in [0, 0.1) is 5.82 Å². The number of halogens is 1. The van der Waals surface area contributed by atoms with Crippen LogP contribution in [0.2, 0.25) is 0 Å². The highest BCUT2D eigenvalue weighted by molar-refractivity contribution is 6.05. The Morgan fingerprint density at radius 1 is 1.07 bits per heavy atom. The summed E-state index contributed by atoms with van der Waals surface area (Å²) in [5, 5.41) is 4.63. The number of carbonyl (C=O) groups excluding carboxylic acids is 2. The number of aromatic nitrogens is 2. The summed E-state index contributed by atoms with van der Waals surface area (Å²) in [6, 6.07) is 12.1. The number of nitrogens with zero attached hydrogens (tertiary/aromatic N) is 2. The predicted octanol–water partition coefficient (Wildman–Crippen LogP) is 0.913. The Kier molecular flexibility index (Phi) is 5.11. The van der Waals surface area contributed by atoms with E-state index in [1.54, 1.807) is 30.3 Å². The summed E-state index contributed by atoms with van der Waals surface area (Å²) >= 11 is 0. The Balaban J connectivity index is 1.67. The molecule has 1 aromatic heterocycles. The third-order valence-corrected chi connectivity index (χ3v) is 3.68. The van der Waals surface area contributed by atoms with E-state index in [2.05, 4.69) is 16.0 Å². The first-order valence-electron chi connectivity index (χ1n) is 7.90. The van der Waals surface area contributed by atoms with E-state index in [0.29, 0.717) is 10.8 Å². The Hall–Kier alpha value is -3.75. The fourth-order valence-corrected chi connectivity index (χ4v) is 2.39. The molecular formula is C18H15FN4O4. The second kappa shape index (κ2) is 7.65. The zero-order chi connectivity index (χ0) is 19.4. The molecule has 0 saturated heterocycles. The van der Waals surface area contributed by atoms with Crippen molar-refractivity contribution in [1.29, 1.82) is 0 Å². The van der Waals surface area contributed by atoms with Crippen molar-refractivity contribution in [3.05, 3.63) is 70.4 Å². The van der Waals surface area contributed by atoms with Gasteiger partial charge in [0.1, 0.15) is 0 Å². The third-order valence-electron chi connectivity index (χ3n) is 3.68. The molecule has 138 valence electrons. The highest BCUT2D eigenvalue weighted by Gasteiger charge is 2.16. The summed E-state index contributed by atoms with van der Waals surface area (Å²) in [5.74, 6) is -2.08. The molecule has 0 fully saturated rings. The largest absolute Gasteiger partial charge is 0.481 e. The van der Waals surface area contributed by atoms with Gasteiger partial charge < -0.3 is 4.74 Å². The number of aryl methyl sites for hydroxylation is 1. The number of fused-ring (bicyclic) bond motifs is 1. The molecule has 3 rings (SSSR count). The Bertz CT molecular complexity index is 1080. The highest BCUT2D eigenvalue weighted by atomic mass is 19.1. The van der Waals surface area contributed by atoms with Gasteiger partial charge >= 0.3 is 0 Å². The number of amides is 2. The molecule has 0 spiro atoms. The maximum atomic E-state index is 13.4. The molecule has 1 heterocycles. The van der Waals surface area contributed by atoms with Gasteiger partial charge in [0.15, 0.2) is 23.9 Å². The second-order valence-electron chi connectivity index (χ2n) is 5.54. The van der Waals surface area contributed by atoms with Crippen LogP contribution in [0.1, 0.15) is 10.5 Å². The minimum Gasteiger partial charge on any atom is -0.481 e. The van der Waals surface area contributed by atoms with Gasteiger partial charge in [0.05, 0.1) is 5.39 Å². The first-order chi connectivity index (χ1) is 13.0. The van der Waals surface area contributed by atoms with Crippen LogP contribution in [0.15, 0.2) is 53.3 Å². The second-order valence-corrected chi connectivity index (χ2v) is 5.54. The smallest absolute Gasteiger partial charge is 0.290 e. The maximum absolute atomic E-state index is 13.4. The standard InChI is InChI=1S/C18H15FN4O4/c1-23-18(26)12-7-3-2-6-11(12)16(22-23)17(25)21-20-15(24)10-27-14-9-5-4-8-13(14)19/h2-9H,10H2,1H3,(H,20,24)(H,21,25). The number of carbonyl (C=O) groups is 2. The molecule has 0 aliphatic heterocycles. The molecule has 27 heavy (non-hydrogen) atoms. The summed E-state index contributed by atoms with van der Waals surface area (Å²) < 4.78 is 19.5. The summed E-state index contributed by atoms with van der Waals surface area (Å²) in [7, 11) is 1.42. The van der Waals surface area contributed by atoms with Gasteiger partial charge in [-0.1, -0.05) is 30.3 Å². The number of para-hydroxylation sites is 1. The van der Waals surface area contributed by atoms with E-state index in [-0.39, 0.29) is 17.0 Å². The van der Waals surface area contributed by atoms with Crippen LogP contribution < -0.4 is 21.1 Å². The molecule has 0 atom stereocenters. The van der Waals surface area contributed by atoms with Crippen LogP contribution in [-0.4, -0.2) is 28.2 Å². The van der Waals surface area contributed by atoms with Gasteiger partial charge in [0.25, 0.3) is 17.4 Å². The van der Waals surface area contributed by atoms with Gasteiger partial charge in [-0.25, -0.2) is 9.07 Å². The molecule has 8 nitrogen and oxygen atoms in total. The molecule has 2 aromatic carbocycles. The molecule has 9 heteroatoms. The monoisotopic (exact) mass is 370 g/mol. The van der Waals surface area contributed by atoms with Gasteiger partial charge in [-0.05, 0) is 18.2 Å². The van der Waals surface area contributed by atoms with Crippen molar-refractivity contribution in [3.8, 4) is 5.75 Å². The number of benzene rings is 2. The summed E-state index contributed by atoms with van der Waals surface area (Å²) in [6.07, 6.45) is 0. The molecule has 0 aliphatic rings. The van der Waals surface area contributed by atoms with Crippen LogP contribution in [0.25, 0.3) is 10.8 Å². The number of rotatable bonds is 4. The van der Waals surface area contributed by atoms with Crippen molar-refractivity contribution in [1.82, 2.24) is 20.6 Å². The van der Waals surface area contributed by atoms with Crippen LogP contribution in [0.3, 0.4) is 0 Å². The average molecular weight is 370 g/mol. The highest BCUT2D eigenvalue weighted by Crippen LogP contribution is 2.15. The van der Waals surface area contributed by atoms with Crippen molar-refractivity contribution in [2.45, 2.75) is 0 Å². The number of hydrogen-bond acceptors (Lipinski definition) is 5. The number of nitrogens with one attached hydrogen (secondary N) is 2. The molecule has 0 saturated carbocycles. The van der Waals surface area contributed by atoms with Crippen molar-refractivity contribution >= 4 is 22.6 Å². The topological polar surface area (TPSA) is 102 Å². The van der Waals surface area contributed by atoms with Gasteiger partial charge in [-0.3, -0.25) is 25.2 Å². The van der Waals surface area contributed by atoms with E-state index < -0.39 is 24.2 Å². The molecule has 0 bridgehead atoms. The van der Waals surface area contributed by atoms with Crippen LogP contribution >= 0.6 is 0 Å². The number of hydrazine groups is 1. The van der Waals surface area contributed by atoms with Gasteiger partial charge in [-0.15, -0.1) is 0 Å². The van der Waals surface area contributed by atoms with Crippen LogP contribution in [0.5, 0.6) is 5.75 Å². The Morgan fingerprint density at radius 2 is 1.74 bits per heavy atom. The molecule has 0 radical (unpaired) electrons. The minimum absolute atomic E-state index is 0.0250. The lowest BCUT2D eigenvalue weighted by Crippen LogP contribution is -2.44. The number of hydrogen-bond donors (Lipinski definition) is 2. The fourth-order valence-electron chi connectivity index (χ4n) is 2.39. The third kappa shape index (κ3) is 3.92. The van der Waals surface area contributed by atoms with Crippen molar-refractivity contribution in [2.75, 3.05) is 6.61 Å². The van der Waals surface area contributed by atoms with E-state index in [4.69, 9.17) is 4.74 Å². The lowest BCUT2D eigenvalue weighted by atomic mass is 10.1. The van der Waals surface area contributed by atoms with Crippen molar-refractivity contribution in [2.24, 2.45) is 7.05 Å². The van der Waals surface area contributed by atoms with E-state index in [1.807, 2.05) is 0 Å². The first kappa shape index (κ1) is 18.1. The molecule has 2 amide bonds. The van der Waals surface area contributed by atoms with Gasteiger partial charge in [-0.2, -0.15) is 5.10 Å². The normalized spacial score (nSPS) is 10.4. The van der Waals surface area contributed by atoms with Crippen LogP contribution in [-0.2, 0) is 11.8 Å². The first-order valence-corrected chi connectivity index (χ1v) is 7.90.